The monoisotopic (exact) mass is 402 g/mol. The summed E-state index contributed by atoms with van der Waals surface area (Å²) in [6.07, 6.45) is 2.35. The van der Waals surface area contributed by atoms with Crippen LogP contribution in [-0.4, -0.2) is 36.8 Å². The zero-order chi connectivity index (χ0) is 19.7. The molecule has 0 aliphatic rings. The molecule has 0 atom stereocenters. The Kier molecular flexibility index (Phi) is 23.7. The topological polar surface area (TPSA) is 138 Å². The Morgan fingerprint density at radius 3 is 1.12 bits per heavy atom. The molecule has 0 aromatic rings. The first kappa shape index (κ1) is 30.4. The van der Waals surface area contributed by atoms with E-state index in [4.69, 9.17) is 0 Å². The van der Waals surface area contributed by atoms with Gasteiger partial charge < -0.3 is 30.4 Å². The van der Waals surface area contributed by atoms with E-state index in [0.29, 0.717) is 13.1 Å². The van der Waals surface area contributed by atoms with Gasteiger partial charge in [-0.15, -0.1) is 0 Å². The molecule has 0 saturated heterocycles. The van der Waals surface area contributed by atoms with Crippen molar-refractivity contribution in [1.82, 2.24) is 10.6 Å². The van der Waals surface area contributed by atoms with Crippen LogP contribution in [0.25, 0.3) is 0 Å². The maximum Gasteiger partial charge on any atom is 2.00 e. The third kappa shape index (κ3) is 30.0. The average Bonchev–Trinajstić information content (AvgIpc) is 2.51. The molecule has 2 N–H and O–H groups in total. The minimum absolute atomic E-state index is 0. The van der Waals surface area contributed by atoms with Gasteiger partial charge in [0.1, 0.15) is 0 Å². The third-order valence-electron chi connectivity index (χ3n) is 1.79. The molecule has 0 fully saturated rings. The normalized spacial score (nSPS) is 7.60. The van der Waals surface area contributed by atoms with E-state index < -0.39 is 11.9 Å². The SMILES string of the molecule is C=C(C)C(=O)[O-].C=C(C)C(=O)[O-].C=CC(=O)NCCNC(=O)C=C.[Zn+2]. The summed E-state index contributed by atoms with van der Waals surface area (Å²) in [7, 11) is 0. The number of carboxylic acid groups (broad SMARTS) is 2. The van der Waals surface area contributed by atoms with Crippen molar-refractivity contribution in [1.29, 1.82) is 0 Å². The van der Waals surface area contributed by atoms with E-state index in [-0.39, 0.29) is 42.4 Å². The average molecular weight is 404 g/mol. The molecule has 25 heavy (non-hydrogen) atoms. The number of carboxylic acids is 2. The summed E-state index contributed by atoms with van der Waals surface area (Å²) in [5.74, 6) is -2.87. The largest absolute Gasteiger partial charge is 2.00 e. The van der Waals surface area contributed by atoms with Crippen molar-refractivity contribution >= 4 is 23.8 Å². The van der Waals surface area contributed by atoms with Gasteiger partial charge in [-0.25, -0.2) is 0 Å². The predicted molar refractivity (Wildman–Crippen MR) is 86.1 cm³/mol. The van der Waals surface area contributed by atoms with Gasteiger partial charge in [0.2, 0.25) is 11.8 Å². The molecule has 0 aliphatic carbocycles. The molecule has 8 nitrogen and oxygen atoms in total. The Balaban J connectivity index is -0.000000144. The van der Waals surface area contributed by atoms with E-state index in [1.165, 1.54) is 26.0 Å². The molecule has 134 valence electrons. The van der Waals surface area contributed by atoms with E-state index in [2.05, 4.69) is 36.9 Å². The minimum atomic E-state index is -1.19. The van der Waals surface area contributed by atoms with Gasteiger partial charge in [0.25, 0.3) is 0 Å². The summed E-state index contributed by atoms with van der Waals surface area (Å²) < 4.78 is 0. The Labute approximate surface area is 160 Å². The van der Waals surface area contributed by atoms with E-state index in [1.54, 1.807) is 0 Å². The molecule has 0 saturated carbocycles. The first-order chi connectivity index (χ1) is 11.0. The van der Waals surface area contributed by atoms with Crippen LogP contribution in [0.3, 0.4) is 0 Å². The molecule has 0 aromatic heterocycles. The molecule has 9 heteroatoms. The maximum absolute atomic E-state index is 10.6. The Morgan fingerprint density at radius 1 is 0.800 bits per heavy atom. The van der Waals surface area contributed by atoms with Gasteiger partial charge in [-0.1, -0.05) is 26.3 Å². The van der Waals surface area contributed by atoms with Gasteiger partial charge in [-0.05, 0) is 37.1 Å². The number of hydrogen-bond donors (Lipinski definition) is 2. The quantitative estimate of drug-likeness (QED) is 0.292. The van der Waals surface area contributed by atoms with Crippen LogP contribution in [0, 0.1) is 0 Å². The Bertz CT molecular complexity index is 445. The van der Waals surface area contributed by atoms with Crippen molar-refractivity contribution < 1.29 is 48.9 Å². The maximum atomic E-state index is 10.6. The van der Waals surface area contributed by atoms with Gasteiger partial charge in [0.05, 0.1) is 11.9 Å². The van der Waals surface area contributed by atoms with Crippen LogP contribution >= 0.6 is 0 Å². The summed E-state index contributed by atoms with van der Waals surface area (Å²) in [4.78, 5) is 40.1. The van der Waals surface area contributed by atoms with Crippen molar-refractivity contribution in [2.24, 2.45) is 0 Å². The second-order valence-electron chi connectivity index (χ2n) is 4.13. The van der Waals surface area contributed by atoms with Crippen molar-refractivity contribution in [2.45, 2.75) is 13.8 Å². The first-order valence-electron chi connectivity index (χ1n) is 6.53. The summed E-state index contributed by atoms with van der Waals surface area (Å²) in [6.45, 7) is 16.3. The van der Waals surface area contributed by atoms with E-state index in [9.17, 15) is 29.4 Å². The summed E-state index contributed by atoms with van der Waals surface area (Å²) in [6, 6.07) is 0. The van der Waals surface area contributed by atoms with Crippen molar-refractivity contribution in [3.63, 3.8) is 0 Å². The summed E-state index contributed by atoms with van der Waals surface area (Å²) in [5.41, 5.74) is 0.130. The second kappa shape index (κ2) is 19.5. The van der Waals surface area contributed by atoms with E-state index in [1.807, 2.05) is 0 Å². The second-order valence-corrected chi connectivity index (χ2v) is 4.13. The molecular weight excluding hydrogens is 382 g/mol. The van der Waals surface area contributed by atoms with Gasteiger partial charge >= 0.3 is 19.5 Å². The molecule has 0 radical (unpaired) electrons. The molecule has 0 aromatic carbocycles. The molecule has 0 rings (SSSR count). The standard InChI is InChI=1S/C8H12N2O2.2C4H6O2.Zn/c1-3-7(11)9-5-6-10-8(12)4-2;2*1-3(2)4(5)6;/h3-4H,1-2,5-6H2,(H,9,11)(H,10,12);2*1H2,2H3,(H,5,6);/q;;;+2/p-2. The molecule has 2 amide bonds. The summed E-state index contributed by atoms with van der Waals surface area (Å²) in [5, 5.41) is 24.0. The molecule has 0 spiro atoms. The van der Waals surface area contributed by atoms with Crippen LogP contribution < -0.4 is 20.8 Å². The predicted octanol–water partition coefficient (Wildman–Crippen LogP) is -1.79. The fourth-order valence-corrected chi connectivity index (χ4v) is 0.516. The van der Waals surface area contributed by atoms with Crippen LogP contribution in [0.2, 0.25) is 0 Å². The number of carbonyl (C=O) groups is 4. The molecule has 0 unspecified atom stereocenters. The smallest absolute Gasteiger partial charge is 0.545 e. The van der Waals surface area contributed by atoms with Crippen LogP contribution in [0.5, 0.6) is 0 Å². The first-order valence-corrected chi connectivity index (χ1v) is 6.53. The summed E-state index contributed by atoms with van der Waals surface area (Å²) >= 11 is 0. The minimum Gasteiger partial charge on any atom is -0.545 e. The number of hydrogen-bond acceptors (Lipinski definition) is 6. The van der Waals surface area contributed by atoms with E-state index in [0.717, 1.165) is 0 Å². The van der Waals surface area contributed by atoms with Gasteiger partial charge in [-0.2, -0.15) is 0 Å². The third-order valence-corrected chi connectivity index (χ3v) is 1.79. The van der Waals surface area contributed by atoms with Crippen LogP contribution in [0.15, 0.2) is 49.6 Å². The van der Waals surface area contributed by atoms with Crippen LogP contribution in [0.4, 0.5) is 0 Å². The fourth-order valence-electron chi connectivity index (χ4n) is 0.516. The molecular formula is C16H22N2O6Zn. The van der Waals surface area contributed by atoms with Crippen molar-refractivity contribution in [3.8, 4) is 0 Å². The van der Waals surface area contributed by atoms with Crippen LogP contribution in [-0.2, 0) is 38.7 Å². The Hall–Kier alpha value is -2.54. The van der Waals surface area contributed by atoms with E-state index >= 15 is 0 Å². The van der Waals surface area contributed by atoms with Crippen molar-refractivity contribution in [3.05, 3.63) is 49.6 Å². The molecule has 0 heterocycles. The molecule has 0 aliphatic heterocycles. The number of aliphatic carboxylic acids is 2. The number of amides is 2. The Morgan fingerprint density at radius 2 is 1.00 bits per heavy atom. The van der Waals surface area contributed by atoms with Gasteiger partial charge in [0.15, 0.2) is 0 Å². The van der Waals surface area contributed by atoms with Crippen molar-refractivity contribution in [2.75, 3.05) is 13.1 Å². The molecule has 0 bridgehead atoms. The number of carbonyl (C=O) groups excluding carboxylic acids is 4. The van der Waals surface area contributed by atoms with Gasteiger partial charge in [-0.3, -0.25) is 9.59 Å². The van der Waals surface area contributed by atoms with Gasteiger partial charge in [0, 0.05) is 13.1 Å². The number of nitrogens with one attached hydrogen (secondary N) is 2. The zero-order valence-corrected chi connectivity index (χ0v) is 17.5. The van der Waals surface area contributed by atoms with Crippen LogP contribution in [0.1, 0.15) is 13.8 Å². The number of rotatable bonds is 7. The fraction of sp³-hybridized carbons (Fsp3) is 0.250. The zero-order valence-electron chi connectivity index (χ0n) is 14.6.